The van der Waals surface area contributed by atoms with Crippen molar-refractivity contribution >= 4 is 28.6 Å². The van der Waals surface area contributed by atoms with Gasteiger partial charge in [0.2, 0.25) is 11.7 Å². The molecule has 0 bridgehead atoms. The Hall–Kier alpha value is -2.71. The van der Waals surface area contributed by atoms with Crippen LogP contribution in [0.2, 0.25) is 0 Å². The van der Waals surface area contributed by atoms with Crippen molar-refractivity contribution in [3.8, 4) is 22.2 Å². The van der Waals surface area contributed by atoms with Gasteiger partial charge in [0, 0.05) is 11.3 Å². The summed E-state index contributed by atoms with van der Waals surface area (Å²) >= 11 is 1.45. The zero-order chi connectivity index (χ0) is 19.4. The average molecular weight is 385 g/mol. The van der Waals surface area contributed by atoms with Gasteiger partial charge in [0.25, 0.3) is 5.89 Å². The second-order valence-corrected chi connectivity index (χ2v) is 7.18. The van der Waals surface area contributed by atoms with E-state index in [0.717, 1.165) is 23.4 Å². The molecule has 0 saturated carbocycles. The molecule has 3 rings (SSSR count). The van der Waals surface area contributed by atoms with Gasteiger partial charge in [0.05, 0.1) is 11.7 Å². The van der Waals surface area contributed by atoms with Crippen LogP contribution in [0.15, 0.2) is 34.2 Å². The Labute approximate surface area is 162 Å². The van der Waals surface area contributed by atoms with Crippen molar-refractivity contribution in [2.24, 2.45) is 0 Å². The van der Waals surface area contributed by atoms with Crippen molar-refractivity contribution in [3.05, 3.63) is 35.2 Å². The van der Waals surface area contributed by atoms with Gasteiger partial charge in [0.1, 0.15) is 4.88 Å². The van der Waals surface area contributed by atoms with Crippen LogP contribution in [0.3, 0.4) is 0 Å². The molecule has 7 nitrogen and oxygen atoms in total. The lowest BCUT2D eigenvalue weighted by Gasteiger charge is -2.14. The third kappa shape index (κ3) is 4.17. The number of nitrogens with two attached hydrogens (primary N) is 1. The summed E-state index contributed by atoms with van der Waals surface area (Å²) in [5.74, 6) is 0.679. The maximum Gasteiger partial charge on any atom is 0.270 e. The number of nitrogens with one attached hydrogen (secondary N) is 2. The van der Waals surface area contributed by atoms with Crippen LogP contribution >= 0.6 is 11.3 Å². The lowest BCUT2D eigenvalue weighted by Crippen LogP contribution is -2.38. The van der Waals surface area contributed by atoms with E-state index in [4.69, 9.17) is 10.3 Å². The lowest BCUT2D eigenvalue weighted by molar-refractivity contribution is -0.117. The largest absolute Gasteiger partial charge is 0.398 e. The van der Waals surface area contributed by atoms with E-state index in [1.54, 1.807) is 6.07 Å². The third-order valence-corrected chi connectivity index (χ3v) is 5.22. The SMILES string of the molecule is CCCNC(C)C(=O)Nc1c(C)csc1-c1nc(-c2ccccc2N)no1. The standard InChI is InChI=1S/C19H23N5O2S/c1-4-9-21-12(3)18(25)22-15-11(2)10-27-16(15)19-23-17(24-26-19)13-7-5-6-8-14(13)20/h5-8,10,12,21H,4,9,20H2,1-3H3,(H,22,25). The number of carbonyl (C=O) groups is 1. The van der Waals surface area contributed by atoms with Crippen LogP contribution in [0.4, 0.5) is 11.4 Å². The molecule has 4 N–H and O–H groups in total. The first kappa shape index (κ1) is 19.1. The Balaban J connectivity index is 1.85. The molecule has 2 heterocycles. The van der Waals surface area contributed by atoms with Crippen molar-refractivity contribution in [3.63, 3.8) is 0 Å². The first-order valence-corrected chi connectivity index (χ1v) is 9.70. The van der Waals surface area contributed by atoms with E-state index in [9.17, 15) is 4.79 Å². The number of anilines is 2. The van der Waals surface area contributed by atoms with Gasteiger partial charge >= 0.3 is 0 Å². The third-order valence-electron chi connectivity index (χ3n) is 4.14. The molecule has 1 amide bonds. The number of hydrogen-bond acceptors (Lipinski definition) is 7. The number of nitrogen functional groups attached to an aromatic ring is 1. The fourth-order valence-electron chi connectivity index (χ4n) is 2.57. The molecule has 0 saturated heterocycles. The Morgan fingerprint density at radius 1 is 1.37 bits per heavy atom. The molecule has 0 aliphatic carbocycles. The topological polar surface area (TPSA) is 106 Å². The highest BCUT2D eigenvalue weighted by Crippen LogP contribution is 2.37. The molecule has 0 radical (unpaired) electrons. The summed E-state index contributed by atoms with van der Waals surface area (Å²) in [4.78, 5) is 17.7. The van der Waals surface area contributed by atoms with Gasteiger partial charge in [-0.3, -0.25) is 4.79 Å². The molecule has 8 heteroatoms. The zero-order valence-electron chi connectivity index (χ0n) is 15.6. The lowest BCUT2D eigenvalue weighted by atomic mass is 10.2. The van der Waals surface area contributed by atoms with Gasteiger partial charge in [0.15, 0.2) is 0 Å². The predicted molar refractivity (Wildman–Crippen MR) is 109 cm³/mol. The van der Waals surface area contributed by atoms with E-state index in [1.165, 1.54) is 11.3 Å². The second-order valence-electron chi connectivity index (χ2n) is 6.30. The summed E-state index contributed by atoms with van der Waals surface area (Å²) in [7, 11) is 0. The molecule has 2 aromatic heterocycles. The van der Waals surface area contributed by atoms with Crippen LogP contribution < -0.4 is 16.4 Å². The Bertz CT molecular complexity index is 934. The van der Waals surface area contributed by atoms with E-state index >= 15 is 0 Å². The molecule has 1 unspecified atom stereocenters. The number of amides is 1. The highest BCUT2D eigenvalue weighted by Gasteiger charge is 2.21. The van der Waals surface area contributed by atoms with Gasteiger partial charge in [-0.15, -0.1) is 11.3 Å². The number of nitrogens with zero attached hydrogens (tertiary/aromatic N) is 2. The summed E-state index contributed by atoms with van der Waals surface area (Å²) < 4.78 is 5.45. The van der Waals surface area contributed by atoms with E-state index in [2.05, 4.69) is 27.7 Å². The number of carbonyl (C=O) groups excluding carboxylic acids is 1. The maximum absolute atomic E-state index is 12.5. The van der Waals surface area contributed by atoms with Crippen LogP contribution in [0.5, 0.6) is 0 Å². The van der Waals surface area contributed by atoms with E-state index in [1.807, 2.05) is 37.4 Å². The van der Waals surface area contributed by atoms with Crippen molar-refractivity contribution in [2.45, 2.75) is 33.2 Å². The molecule has 1 atom stereocenters. The molecule has 0 aliphatic heterocycles. The van der Waals surface area contributed by atoms with Crippen LogP contribution in [0.1, 0.15) is 25.8 Å². The fraction of sp³-hybridized carbons (Fsp3) is 0.316. The summed E-state index contributed by atoms with van der Waals surface area (Å²) in [6.45, 7) is 6.63. The molecule has 27 heavy (non-hydrogen) atoms. The molecule has 0 spiro atoms. The van der Waals surface area contributed by atoms with Crippen LogP contribution in [0.25, 0.3) is 22.2 Å². The highest BCUT2D eigenvalue weighted by molar-refractivity contribution is 7.14. The molecule has 0 aliphatic rings. The van der Waals surface area contributed by atoms with Crippen molar-refractivity contribution < 1.29 is 9.32 Å². The Morgan fingerprint density at radius 3 is 2.89 bits per heavy atom. The number of para-hydroxylation sites is 1. The summed E-state index contributed by atoms with van der Waals surface area (Å²) in [5, 5.41) is 12.2. The number of aryl methyl sites for hydroxylation is 1. The van der Waals surface area contributed by atoms with Gasteiger partial charge in [-0.25, -0.2) is 0 Å². The predicted octanol–water partition coefficient (Wildman–Crippen LogP) is 3.68. The summed E-state index contributed by atoms with van der Waals surface area (Å²) in [5.41, 5.74) is 8.93. The Morgan fingerprint density at radius 2 is 2.15 bits per heavy atom. The minimum Gasteiger partial charge on any atom is -0.398 e. The minimum atomic E-state index is -0.292. The van der Waals surface area contributed by atoms with Gasteiger partial charge in [-0.2, -0.15) is 4.98 Å². The first-order valence-electron chi connectivity index (χ1n) is 8.82. The quantitative estimate of drug-likeness (QED) is 0.536. The molecular weight excluding hydrogens is 362 g/mol. The van der Waals surface area contributed by atoms with E-state index < -0.39 is 0 Å². The second kappa shape index (κ2) is 8.32. The monoisotopic (exact) mass is 385 g/mol. The minimum absolute atomic E-state index is 0.0988. The summed E-state index contributed by atoms with van der Waals surface area (Å²) in [6.07, 6.45) is 0.966. The van der Waals surface area contributed by atoms with Crippen LogP contribution in [-0.2, 0) is 4.79 Å². The summed E-state index contributed by atoms with van der Waals surface area (Å²) in [6, 6.07) is 7.06. The molecule has 1 aromatic carbocycles. The normalized spacial score (nSPS) is 12.1. The molecule has 0 fully saturated rings. The zero-order valence-corrected chi connectivity index (χ0v) is 16.4. The van der Waals surface area contributed by atoms with Crippen molar-refractivity contribution in [1.82, 2.24) is 15.5 Å². The molecule has 3 aromatic rings. The Kier molecular flexibility index (Phi) is 5.88. The van der Waals surface area contributed by atoms with E-state index in [-0.39, 0.29) is 11.9 Å². The number of aromatic nitrogens is 2. The van der Waals surface area contributed by atoms with Crippen molar-refractivity contribution in [2.75, 3.05) is 17.6 Å². The molecular formula is C19H23N5O2S. The van der Waals surface area contributed by atoms with Gasteiger partial charge in [-0.05, 0) is 49.9 Å². The van der Waals surface area contributed by atoms with Gasteiger partial charge in [-0.1, -0.05) is 24.2 Å². The number of thiophene rings is 1. The average Bonchev–Trinajstić information content (AvgIpc) is 3.27. The van der Waals surface area contributed by atoms with Gasteiger partial charge < -0.3 is 20.9 Å². The van der Waals surface area contributed by atoms with Crippen LogP contribution in [-0.4, -0.2) is 28.6 Å². The van der Waals surface area contributed by atoms with E-state index in [0.29, 0.717) is 28.7 Å². The smallest absolute Gasteiger partial charge is 0.270 e. The number of rotatable bonds is 7. The number of benzene rings is 1. The fourth-order valence-corrected chi connectivity index (χ4v) is 3.49. The molecule has 142 valence electrons. The maximum atomic E-state index is 12.5. The van der Waals surface area contributed by atoms with Crippen molar-refractivity contribution in [1.29, 1.82) is 0 Å². The highest BCUT2D eigenvalue weighted by atomic mass is 32.1. The number of hydrogen-bond donors (Lipinski definition) is 3. The first-order chi connectivity index (χ1) is 13.0. The van der Waals surface area contributed by atoms with Crippen LogP contribution in [0, 0.1) is 6.92 Å².